The number of amides is 5. The Bertz CT molecular complexity index is 1600. The van der Waals surface area contributed by atoms with Gasteiger partial charge in [-0.1, -0.05) is 30.3 Å². The van der Waals surface area contributed by atoms with Crippen LogP contribution in [0.5, 0.6) is 0 Å². The van der Waals surface area contributed by atoms with Crippen molar-refractivity contribution in [3.05, 3.63) is 83.4 Å². The fourth-order valence-electron chi connectivity index (χ4n) is 4.58. The Kier molecular flexibility index (Phi) is 9.91. The van der Waals surface area contributed by atoms with Gasteiger partial charge >= 0.3 is 18.0 Å². The smallest absolute Gasteiger partial charge is 0.323 e. The lowest BCUT2D eigenvalue weighted by molar-refractivity contribution is -0.144. The molecule has 0 spiro atoms. The van der Waals surface area contributed by atoms with Gasteiger partial charge in [0.05, 0.1) is 13.5 Å². The first kappa shape index (κ1) is 31.2. The molecule has 228 valence electrons. The van der Waals surface area contributed by atoms with E-state index < -0.39 is 49.3 Å². The zero-order valence-electron chi connectivity index (χ0n) is 24.1. The number of hydrogen-bond donors (Lipinski definition) is 4. The van der Waals surface area contributed by atoms with Crippen LogP contribution in [0.1, 0.15) is 23.1 Å². The van der Waals surface area contributed by atoms with Crippen molar-refractivity contribution in [1.82, 2.24) is 4.90 Å². The van der Waals surface area contributed by atoms with Crippen molar-refractivity contribution in [3.8, 4) is 0 Å². The number of aliphatic carboxylic acids is 1. The molecule has 4 N–H and O–H groups in total. The van der Waals surface area contributed by atoms with Gasteiger partial charge in [0.15, 0.2) is 0 Å². The fraction of sp³-hybridized carbons (Fsp3) is 0.226. The van der Waals surface area contributed by atoms with Crippen LogP contribution in [-0.2, 0) is 41.7 Å². The molecule has 13 nitrogen and oxygen atoms in total. The summed E-state index contributed by atoms with van der Waals surface area (Å²) in [7, 11) is 1.14. The summed E-state index contributed by atoms with van der Waals surface area (Å²) in [5.74, 6) is -3.67. The summed E-state index contributed by atoms with van der Waals surface area (Å²) in [6.07, 6.45) is -0.591. The van der Waals surface area contributed by atoms with Crippen molar-refractivity contribution >= 4 is 58.4 Å². The second kappa shape index (κ2) is 14.0. The first-order valence-corrected chi connectivity index (χ1v) is 13.5. The Morgan fingerprint density at radius 1 is 0.886 bits per heavy atom. The van der Waals surface area contributed by atoms with Crippen LogP contribution >= 0.6 is 0 Å². The molecule has 0 saturated heterocycles. The van der Waals surface area contributed by atoms with E-state index in [-0.39, 0.29) is 18.9 Å². The highest BCUT2D eigenvalue weighted by Crippen LogP contribution is 2.29. The molecule has 1 heterocycles. The Hall–Kier alpha value is -5.72. The molecule has 0 unspecified atom stereocenters. The van der Waals surface area contributed by atoms with Crippen molar-refractivity contribution in [1.29, 1.82) is 0 Å². The molecule has 1 aliphatic rings. The van der Waals surface area contributed by atoms with Crippen LogP contribution in [0.3, 0.4) is 0 Å². The van der Waals surface area contributed by atoms with Crippen LogP contribution in [0.2, 0.25) is 0 Å². The highest BCUT2D eigenvalue weighted by Gasteiger charge is 2.31. The van der Waals surface area contributed by atoms with E-state index in [1.54, 1.807) is 42.5 Å². The number of nitrogens with zero attached hydrogens (tertiary/aromatic N) is 2. The molecule has 0 fully saturated rings. The molecule has 3 aromatic carbocycles. The van der Waals surface area contributed by atoms with E-state index >= 15 is 0 Å². The third-order valence-electron chi connectivity index (χ3n) is 6.78. The molecule has 5 amide bonds. The number of hydrogen-bond acceptors (Lipinski definition) is 7. The molecule has 0 aliphatic carbocycles. The van der Waals surface area contributed by atoms with E-state index in [0.29, 0.717) is 33.9 Å². The number of esters is 1. The third-order valence-corrected chi connectivity index (χ3v) is 6.78. The van der Waals surface area contributed by atoms with Crippen molar-refractivity contribution in [2.45, 2.75) is 26.3 Å². The van der Waals surface area contributed by atoms with Gasteiger partial charge in [0.1, 0.15) is 19.5 Å². The molecule has 4 rings (SSSR count). The number of ether oxygens (including phenoxy) is 1. The van der Waals surface area contributed by atoms with E-state index in [1.165, 1.54) is 6.07 Å². The van der Waals surface area contributed by atoms with Gasteiger partial charge in [-0.05, 0) is 60.0 Å². The Balaban J connectivity index is 1.43. The normalized spacial score (nSPS) is 12.5. The third kappa shape index (κ3) is 8.18. The number of urea groups is 1. The predicted octanol–water partition coefficient (Wildman–Crippen LogP) is 3.14. The maximum Gasteiger partial charge on any atom is 0.323 e. The van der Waals surface area contributed by atoms with Gasteiger partial charge in [-0.25, -0.2) is 4.79 Å². The molecule has 3 aromatic rings. The number of aryl methyl sites for hydroxylation is 1. The van der Waals surface area contributed by atoms with Crippen LogP contribution in [0.4, 0.5) is 27.5 Å². The van der Waals surface area contributed by atoms with Crippen LogP contribution < -0.4 is 20.9 Å². The van der Waals surface area contributed by atoms with Gasteiger partial charge in [0.25, 0.3) is 0 Å². The topological polar surface area (TPSA) is 174 Å². The monoisotopic (exact) mass is 601 g/mol. The number of rotatable bonds is 9. The van der Waals surface area contributed by atoms with Gasteiger partial charge in [-0.2, -0.15) is 0 Å². The van der Waals surface area contributed by atoms with Crippen molar-refractivity contribution < 1.29 is 38.6 Å². The van der Waals surface area contributed by atoms with E-state index in [1.807, 2.05) is 25.1 Å². The average Bonchev–Trinajstić information content (AvgIpc) is 3.10. The van der Waals surface area contributed by atoms with Gasteiger partial charge in [-0.3, -0.25) is 24.0 Å². The SMILES string of the molecule is COC(=O)CC(=O)N1CC(=O)N(CC(=O)O)Cc2cc(NC(=O)Cc3ccc(NC(=O)Nc4ccccc4C)cc3)ccc21. The van der Waals surface area contributed by atoms with E-state index in [9.17, 15) is 33.9 Å². The number of benzene rings is 3. The first-order chi connectivity index (χ1) is 21.0. The van der Waals surface area contributed by atoms with Crippen LogP contribution in [0, 0.1) is 6.92 Å². The fourth-order valence-corrected chi connectivity index (χ4v) is 4.58. The van der Waals surface area contributed by atoms with Crippen molar-refractivity contribution in [2.75, 3.05) is 41.0 Å². The van der Waals surface area contributed by atoms with Crippen LogP contribution in [0.15, 0.2) is 66.7 Å². The summed E-state index contributed by atoms with van der Waals surface area (Å²) >= 11 is 0. The van der Waals surface area contributed by atoms with Gasteiger partial charge in [0.2, 0.25) is 17.7 Å². The summed E-state index contributed by atoms with van der Waals surface area (Å²) in [4.78, 5) is 76.1. The van der Waals surface area contributed by atoms with Crippen LogP contribution in [-0.4, -0.2) is 65.9 Å². The summed E-state index contributed by atoms with van der Waals surface area (Å²) in [6, 6.07) is 18.4. The Labute approximate surface area is 252 Å². The molecule has 0 bridgehead atoms. The second-order valence-electron chi connectivity index (χ2n) is 10.0. The van der Waals surface area contributed by atoms with E-state index in [4.69, 9.17) is 0 Å². The van der Waals surface area contributed by atoms with Crippen LogP contribution in [0.25, 0.3) is 0 Å². The summed E-state index contributed by atoms with van der Waals surface area (Å²) in [6.45, 7) is 0.712. The molecule has 0 atom stereocenters. The largest absolute Gasteiger partial charge is 0.480 e. The number of carbonyl (C=O) groups is 6. The number of para-hydroxylation sites is 1. The molecule has 44 heavy (non-hydrogen) atoms. The van der Waals surface area contributed by atoms with Crippen molar-refractivity contribution in [3.63, 3.8) is 0 Å². The zero-order chi connectivity index (χ0) is 31.8. The number of anilines is 4. The molecule has 13 heteroatoms. The molecule has 0 saturated carbocycles. The molecule has 1 aliphatic heterocycles. The van der Waals surface area contributed by atoms with E-state index in [2.05, 4.69) is 20.7 Å². The molecule has 0 radical (unpaired) electrons. The lowest BCUT2D eigenvalue weighted by atomic mass is 10.1. The number of carboxylic acids is 1. The summed E-state index contributed by atoms with van der Waals surface area (Å²) in [5.41, 5.74) is 3.93. The minimum Gasteiger partial charge on any atom is -0.480 e. The average molecular weight is 602 g/mol. The maximum absolute atomic E-state index is 12.9. The van der Waals surface area contributed by atoms with Gasteiger partial charge in [-0.15, -0.1) is 0 Å². The number of carboxylic acid groups (broad SMARTS) is 1. The standard InChI is InChI=1S/C31H31N5O8/c1-19-5-3-4-6-24(19)34-31(43)33-22-9-7-20(8-10-22)13-26(37)32-23-11-12-25-21(14-23)16-35(18-29(40)41)28(39)17-36(25)27(38)15-30(42)44-2/h3-12,14H,13,15-18H2,1-2H3,(H,32,37)(H,40,41)(H2,33,34,43). The highest BCUT2D eigenvalue weighted by atomic mass is 16.5. The highest BCUT2D eigenvalue weighted by molar-refractivity contribution is 6.07. The summed E-state index contributed by atoms with van der Waals surface area (Å²) < 4.78 is 4.56. The Morgan fingerprint density at radius 3 is 2.27 bits per heavy atom. The molecule has 0 aromatic heterocycles. The number of carbonyl (C=O) groups excluding carboxylic acids is 5. The second-order valence-corrected chi connectivity index (χ2v) is 10.0. The lowest BCUT2D eigenvalue weighted by Crippen LogP contribution is -2.42. The number of nitrogens with one attached hydrogen (secondary N) is 3. The zero-order valence-corrected chi connectivity index (χ0v) is 24.1. The van der Waals surface area contributed by atoms with Crippen molar-refractivity contribution in [2.24, 2.45) is 0 Å². The number of methoxy groups -OCH3 is 1. The number of fused-ring (bicyclic) bond motifs is 1. The molecular weight excluding hydrogens is 570 g/mol. The first-order valence-electron chi connectivity index (χ1n) is 13.5. The Morgan fingerprint density at radius 2 is 1.59 bits per heavy atom. The summed E-state index contributed by atoms with van der Waals surface area (Å²) in [5, 5.41) is 17.6. The minimum atomic E-state index is -1.23. The van der Waals surface area contributed by atoms with E-state index in [0.717, 1.165) is 22.5 Å². The van der Waals surface area contributed by atoms with Gasteiger partial charge in [0, 0.05) is 29.3 Å². The lowest BCUT2D eigenvalue weighted by Gasteiger charge is -2.22. The van der Waals surface area contributed by atoms with Gasteiger partial charge < -0.3 is 35.6 Å². The molecular formula is C31H31N5O8. The minimum absolute atomic E-state index is 0.0140. The maximum atomic E-state index is 12.9. The quantitative estimate of drug-likeness (QED) is 0.214. The predicted molar refractivity (Wildman–Crippen MR) is 161 cm³/mol.